The van der Waals surface area contributed by atoms with E-state index in [1.54, 1.807) is 0 Å². The number of phenols is 1. The predicted octanol–water partition coefficient (Wildman–Crippen LogP) is -0.959. The van der Waals surface area contributed by atoms with Gasteiger partial charge < -0.3 is 36.2 Å². The van der Waals surface area contributed by atoms with Gasteiger partial charge in [-0.1, -0.05) is 12.1 Å². The highest BCUT2D eigenvalue weighted by atomic mass is 32.1. The normalized spacial score (nSPS) is 30.9. The first-order valence-corrected chi connectivity index (χ1v) is 9.66. The number of benzene rings is 1. The van der Waals surface area contributed by atoms with Crippen LogP contribution < -0.4 is 11.1 Å². The first-order chi connectivity index (χ1) is 14.7. The zero-order valence-electron chi connectivity index (χ0n) is 15.8. The topological polar surface area (TPSA) is 202 Å². The van der Waals surface area contributed by atoms with E-state index in [-0.39, 0.29) is 23.0 Å². The molecule has 31 heavy (non-hydrogen) atoms. The molecule has 14 heteroatoms. The number of aromatic nitrogens is 2. The van der Waals surface area contributed by atoms with Crippen molar-refractivity contribution >= 4 is 24.4 Å². The highest BCUT2D eigenvalue weighted by Crippen LogP contribution is 2.46. The molecule has 1 aromatic heterocycles. The van der Waals surface area contributed by atoms with E-state index in [0.29, 0.717) is 0 Å². The Labute approximate surface area is 180 Å². The van der Waals surface area contributed by atoms with E-state index in [2.05, 4.69) is 27.9 Å². The molecule has 166 valence electrons. The number of aliphatic hydroxyl groups excluding tert-OH is 2. The van der Waals surface area contributed by atoms with Crippen LogP contribution in [-0.4, -0.2) is 64.9 Å². The van der Waals surface area contributed by atoms with Crippen molar-refractivity contribution in [2.45, 2.75) is 35.5 Å². The van der Waals surface area contributed by atoms with Crippen LogP contribution in [0.15, 0.2) is 35.6 Å². The Balaban J connectivity index is 1.83. The van der Waals surface area contributed by atoms with Crippen molar-refractivity contribution in [3.63, 3.8) is 0 Å². The van der Waals surface area contributed by atoms with E-state index in [4.69, 9.17) is 10.5 Å². The second kappa shape index (κ2) is 7.65. The van der Waals surface area contributed by atoms with E-state index in [0.717, 1.165) is 0 Å². The molecule has 1 saturated heterocycles. The Bertz CT molecular complexity index is 1050. The average molecular weight is 452 g/mol. The molecule has 6 atom stereocenters. The Kier molecular flexibility index (Phi) is 5.26. The van der Waals surface area contributed by atoms with Gasteiger partial charge >= 0.3 is 0 Å². The smallest absolute Gasteiger partial charge is 0.296 e. The molecule has 0 bridgehead atoms. The number of ether oxygens (including phenoxy) is 1. The summed E-state index contributed by atoms with van der Waals surface area (Å²) in [5.41, 5.74) is 2.83. The molecule has 2 aromatic rings. The molecule has 2 unspecified atom stereocenters. The fraction of sp³-hybridized carbons (Fsp3) is 0.412. The van der Waals surface area contributed by atoms with Gasteiger partial charge in [0, 0.05) is 4.92 Å². The second-order valence-corrected chi connectivity index (χ2v) is 7.77. The molecule has 2 aliphatic heterocycles. The molecule has 4 rings (SSSR count). The zero-order valence-corrected chi connectivity index (χ0v) is 16.7. The van der Waals surface area contributed by atoms with Gasteiger partial charge in [0.15, 0.2) is 12.2 Å². The second-order valence-electron chi connectivity index (χ2n) is 7.17. The number of hydrogen-bond donors (Lipinski definition) is 7. The Hall–Kier alpha value is -2.91. The van der Waals surface area contributed by atoms with Crippen LogP contribution in [0.25, 0.3) is 0 Å². The van der Waals surface area contributed by atoms with Crippen molar-refractivity contribution in [3.8, 4) is 5.75 Å². The van der Waals surface area contributed by atoms with Crippen LogP contribution in [0.5, 0.6) is 5.75 Å². The number of rotatable bonds is 5. The van der Waals surface area contributed by atoms with Crippen molar-refractivity contribution in [1.29, 1.82) is 0 Å². The third kappa shape index (κ3) is 3.28. The van der Waals surface area contributed by atoms with E-state index in [9.17, 15) is 30.5 Å². The predicted molar refractivity (Wildman–Crippen MR) is 109 cm³/mol. The van der Waals surface area contributed by atoms with E-state index in [1.807, 2.05) is 0 Å². The maximum atomic E-state index is 12.0. The summed E-state index contributed by atoms with van der Waals surface area (Å²) >= 11 is 4.33. The van der Waals surface area contributed by atoms with Gasteiger partial charge in [0.1, 0.15) is 23.4 Å². The molecular formula is C17H20N6O7S. The third-order valence-corrected chi connectivity index (χ3v) is 5.85. The maximum Gasteiger partial charge on any atom is 0.296 e. The molecular weight excluding hydrogens is 432 g/mol. The number of nitrogens with one attached hydrogen (secondary N) is 1. The molecule has 1 fully saturated rings. The number of guanidine groups is 1. The lowest BCUT2D eigenvalue weighted by Gasteiger charge is -2.31. The lowest BCUT2D eigenvalue weighted by Crippen LogP contribution is -2.44. The minimum absolute atomic E-state index is 0.0344. The SMILES string of the molecule is NC1=NC(O)(C(c2ccccc2O)[N+](=O)[O-])c2ncn([C@@H]3O[C@H](CO)[C@@H](O)[C@H]3S)c2N1. The minimum Gasteiger partial charge on any atom is -0.507 e. The first-order valence-electron chi connectivity index (χ1n) is 9.15. The first kappa shape index (κ1) is 21.3. The summed E-state index contributed by atoms with van der Waals surface area (Å²) in [5, 5.41) is 55.0. The third-order valence-electron chi connectivity index (χ3n) is 5.29. The summed E-state index contributed by atoms with van der Waals surface area (Å²) in [6.45, 7) is -0.455. The molecule has 7 N–H and O–H groups in total. The Morgan fingerprint density at radius 3 is 2.77 bits per heavy atom. The molecule has 3 heterocycles. The average Bonchev–Trinajstić information content (AvgIpc) is 3.25. The van der Waals surface area contributed by atoms with Gasteiger partial charge in [-0.25, -0.2) is 9.98 Å². The number of anilines is 1. The van der Waals surface area contributed by atoms with Gasteiger partial charge in [-0.2, -0.15) is 12.6 Å². The Morgan fingerprint density at radius 2 is 2.16 bits per heavy atom. The van der Waals surface area contributed by atoms with Crippen LogP contribution in [0.2, 0.25) is 0 Å². The number of para-hydroxylation sites is 1. The molecule has 0 spiro atoms. The highest BCUT2D eigenvalue weighted by Gasteiger charge is 2.55. The van der Waals surface area contributed by atoms with Gasteiger partial charge in [-0.15, -0.1) is 0 Å². The molecule has 0 aliphatic carbocycles. The van der Waals surface area contributed by atoms with E-state index >= 15 is 0 Å². The summed E-state index contributed by atoms with van der Waals surface area (Å²) in [6.07, 6.45) is -1.73. The maximum absolute atomic E-state index is 12.0. The summed E-state index contributed by atoms with van der Waals surface area (Å²) in [6, 6.07) is 3.54. The van der Waals surface area contributed by atoms with Crippen LogP contribution in [0.4, 0.5) is 5.82 Å². The zero-order chi connectivity index (χ0) is 22.5. The van der Waals surface area contributed by atoms with Crippen LogP contribution in [0.3, 0.4) is 0 Å². The van der Waals surface area contributed by atoms with Gasteiger partial charge in [-0.3, -0.25) is 14.7 Å². The fourth-order valence-corrected chi connectivity index (χ4v) is 4.24. The molecule has 0 radical (unpaired) electrons. The molecule has 13 nitrogen and oxygen atoms in total. The lowest BCUT2D eigenvalue weighted by atomic mass is 9.92. The summed E-state index contributed by atoms with van der Waals surface area (Å²) in [5.74, 6) is -0.714. The van der Waals surface area contributed by atoms with Gasteiger partial charge in [0.25, 0.3) is 11.8 Å². The number of thiol groups is 1. The van der Waals surface area contributed by atoms with Gasteiger partial charge in [0.05, 0.1) is 29.9 Å². The molecule has 2 aliphatic rings. The van der Waals surface area contributed by atoms with Crippen LogP contribution in [-0.2, 0) is 10.5 Å². The highest BCUT2D eigenvalue weighted by molar-refractivity contribution is 7.81. The number of nitrogens with zero attached hydrogens (tertiary/aromatic N) is 4. The van der Waals surface area contributed by atoms with Crippen molar-refractivity contribution in [2.75, 3.05) is 11.9 Å². The lowest BCUT2D eigenvalue weighted by molar-refractivity contribution is -0.555. The van der Waals surface area contributed by atoms with Crippen molar-refractivity contribution in [1.82, 2.24) is 9.55 Å². The number of hydrogen-bond acceptors (Lipinski definition) is 12. The molecule has 0 amide bonds. The summed E-state index contributed by atoms with van der Waals surface area (Å²) in [7, 11) is 0. The van der Waals surface area contributed by atoms with Crippen LogP contribution in [0.1, 0.15) is 23.5 Å². The number of fused-ring (bicyclic) bond motifs is 1. The van der Waals surface area contributed by atoms with Gasteiger partial charge in [0.2, 0.25) is 0 Å². The number of nitrogens with two attached hydrogens (primary N) is 1. The largest absolute Gasteiger partial charge is 0.507 e. The van der Waals surface area contributed by atoms with E-state index < -0.39 is 52.7 Å². The number of imidazole rings is 1. The number of aliphatic hydroxyl groups is 3. The van der Waals surface area contributed by atoms with E-state index in [1.165, 1.54) is 35.2 Å². The fourth-order valence-electron chi connectivity index (χ4n) is 3.83. The quantitative estimate of drug-likeness (QED) is 0.168. The van der Waals surface area contributed by atoms with Crippen molar-refractivity contribution in [2.24, 2.45) is 10.7 Å². The van der Waals surface area contributed by atoms with Gasteiger partial charge in [-0.05, 0) is 12.1 Å². The van der Waals surface area contributed by atoms with Crippen molar-refractivity contribution in [3.05, 3.63) is 52.0 Å². The number of aliphatic imine (C=N–C) groups is 1. The minimum atomic E-state index is -2.57. The molecule has 0 saturated carbocycles. The number of phenolic OH excluding ortho intramolecular Hbond substituents is 1. The van der Waals surface area contributed by atoms with Crippen LogP contribution in [0, 0.1) is 10.1 Å². The monoisotopic (exact) mass is 452 g/mol. The molecule has 1 aromatic carbocycles. The summed E-state index contributed by atoms with van der Waals surface area (Å²) in [4.78, 5) is 19.2. The Morgan fingerprint density at radius 1 is 1.45 bits per heavy atom. The summed E-state index contributed by atoms with van der Waals surface area (Å²) < 4.78 is 6.98. The number of aromatic hydroxyl groups is 1. The van der Waals surface area contributed by atoms with Crippen molar-refractivity contribution < 1.29 is 30.1 Å². The standard InChI is InChI=1S/C17H20N6O7S/c18-16-20-14-12(19-6-22(14)15-11(31)10(26)9(5-24)30-15)17(27,21-16)13(23(28)29)7-3-1-2-4-8(7)25/h1-4,6,9-11,13,15,24-27,31H,5H2,(H3,18,20,21)/t9-,10-,11-,13?,15-,17?/m1/s1. The number of nitro groups is 1. The van der Waals surface area contributed by atoms with Crippen LogP contribution >= 0.6 is 12.6 Å².